The van der Waals surface area contributed by atoms with E-state index in [-0.39, 0.29) is 14.8 Å². The van der Waals surface area contributed by atoms with Gasteiger partial charge in [-0.05, 0) is 22.6 Å². The molecule has 0 fully saturated rings. The van der Waals surface area contributed by atoms with E-state index < -0.39 is 25.4 Å². The molecule has 1 N–H and O–H groups in total. The molecule has 3 nitrogen and oxygen atoms in total. The number of aliphatic hydroxyl groups excluding tert-OH is 1. The minimum absolute atomic E-state index is 0.0935. The van der Waals surface area contributed by atoms with Crippen LogP contribution < -0.4 is 4.74 Å². The lowest BCUT2D eigenvalue weighted by atomic mass is 10.2. The highest BCUT2D eigenvalue weighted by Crippen LogP contribution is 2.32. The molecule has 0 atom stereocenters. The fourth-order valence-electron chi connectivity index (χ4n) is 0.975. The number of aliphatic hydroxyl groups is 1. The molecule has 0 radical (unpaired) electrons. The molecule has 0 spiro atoms. The van der Waals surface area contributed by atoms with Crippen LogP contribution in [-0.2, 0) is 13.3 Å². The summed E-state index contributed by atoms with van der Waals surface area (Å²) in [5.41, 5.74) is -0.295. The maximum absolute atomic E-state index is 12.4. The van der Waals surface area contributed by atoms with Gasteiger partial charge in [-0.15, -0.1) is 13.2 Å². The zero-order chi connectivity index (χ0) is 12.3. The van der Waals surface area contributed by atoms with E-state index in [2.05, 4.69) is 9.72 Å². The zero-order valence-electron chi connectivity index (χ0n) is 7.68. The van der Waals surface area contributed by atoms with Crippen molar-refractivity contribution in [1.82, 2.24) is 4.98 Å². The number of aromatic nitrogens is 1. The Morgan fingerprint density at radius 1 is 1.44 bits per heavy atom. The molecule has 0 amide bonds. The number of nitrogens with zero attached hydrogens (tertiary/aromatic N) is 1. The van der Waals surface area contributed by atoms with Gasteiger partial charge in [0.05, 0.1) is 15.9 Å². The van der Waals surface area contributed by atoms with E-state index in [0.29, 0.717) is 0 Å². The minimum atomic E-state index is -4.89. The first-order chi connectivity index (χ1) is 7.39. The first-order valence-corrected chi connectivity index (χ1v) is 5.05. The first-order valence-electron chi connectivity index (χ1n) is 3.98. The van der Waals surface area contributed by atoms with Crippen LogP contribution in [-0.4, -0.2) is 16.5 Å². The smallest absolute Gasteiger partial charge is 0.404 e. The third kappa shape index (κ3) is 3.17. The summed E-state index contributed by atoms with van der Waals surface area (Å²) in [5.74, 6) is -0.599. The van der Waals surface area contributed by atoms with Gasteiger partial charge in [0.25, 0.3) is 0 Å². The van der Waals surface area contributed by atoms with E-state index in [1.165, 1.54) is 22.6 Å². The van der Waals surface area contributed by atoms with Crippen molar-refractivity contribution < 1.29 is 27.4 Å². The number of hydrogen-bond donors (Lipinski definition) is 1. The summed E-state index contributed by atoms with van der Waals surface area (Å²) in [6.07, 6.45) is -3.93. The van der Waals surface area contributed by atoms with Gasteiger partial charge >= 0.3 is 6.36 Å². The summed E-state index contributed by atoms with van der Waals surface area (Å²) >= 11 is 1.49. The normalized spacial score (nSPS) is 11.6. The first kappa shape index (κ1) is 13.4. The fraction of sp³-hybridized carbons (Fsp3) is 0.375. The summed E-state index contributed by atoms with van der Waals surface area (Å²) in [6, 6.07) is 0. The molecule has 0 aliphatic carbocycles. The number of ether oxygens (including phenoxy) is 1. The van der Waals surface area contributed by atoms with Crippen LogP contribution in [0.1, 0.15) is 11.3 Å². The summed E-state index contributed by atoms with van der Waals surface area (Å²) in [7, 11) is 0. The van der Waals surface area contributed by atoms with Crippen molar-refractivity contribution in [2.75, 3.05) is 0 Å². The molecule has 1 heterocycles. The third-order valence-corrected chi connectivity index (χ3v) is 2.75. The minimum Gasteiger partial charge on any atom is -0.404 e. The van der Waals surface area contributed by atoms with Crippen molar-refractivity contribution in [3.05, 3.63) is 21.0 Å². The van der Waals surface area contributed by atoms with E-state index in [1.54, 1.807) is 0 Å². The Labute approximate surface area is 102 Å². The van der Waals surface area contributed by atoms with Crippen molar-refractivity contribution in [3.8, 4) is 5.75 Å². The van der Waals surface area contributed by atoms with E-state index in [9.17, 15) is 17.6 Å². The molecular formula is C8H6F4INO2. The Bertz CT molecular complexity index is 383. The SMILES string of the molecule is OCc1cnc(CF)c(I)c1OC(F)(F)F. The maximum atomic E-state index is 12.4. The van der Waals surface area contributed by atoms with Crippen molar-refractivity contribution in [2.45, 2.75) is 19.6 Å². The standard InChI is InChI=1S/C8H6F4INO2/c9-1-5-6(13)7(16-8(10,11)12)4(3-15)2-14-5/h2,15H,1,3H2. The highest BCUT2D eigenvalue weighted by atomic mass is 127. The molecule has 0 aliphatic rings. The highest BCUT2D eigenvalue weighted by molar-refractivity contribution is 14.1. The van der Waals surface area contributed by atoms with Gasteiger partial charge in [0, 0.05) is 11.8 Å². The molecule has 1 aromatic rings. The van der Waals surface area contributed by atoms with E-state index in [4.69, 9.17) is 5.11 Å². The molecule has 1 aromatic heterocycles. The maximum Gasteiger partial charge on any atom is 0.573 e. The highest BCUT2D eigenvalue weighted by Gasteiger charge is 2.33. The van der Waals surface area contributed by atoms with Crippen LogP contribution in [0.15, 0.2) is 6.20 Å². The monoisotopic (exact) mass is 351 g/mol. The molecule has 0 aliphatic heterocycles. The molecule has 0 bridgehead atoms. The van der Waals surface area contributed by atoms with Crippen LogP contribution >= 0.6 is 22.6 Å². The van der Waals surface area contributed by atoms with Crippen LogP contribution in [0.2, 0.25) is 0 Å². The molecule has 1 rings (SSSR count). The molecule has 0 aromatic carbocycles. The van der Waals surface area contributed by atoms with Crippen LogP contribution in [0, 0.1) is 3.57 Å². The topological polar surface area (TPSA) is 42.4 Å². The van der Waals surface area contributed by atoms with Crippen LogP contribution in [0.5, 0.6) is 5.75 Å². The third-order valence-electron chi connectivity index (χ3n) is 1.64. The molecule has 90 valence electrons. The predicted molar refractivity (Wildman–Crippen MR) is 54.4 cm³/mol. The second-order valence-electron chi connectivity index (χ2n) is 2.71. The van der Waals surface area contributed by atoms with E-state index >= 15 is 0 Å². The van der Waals surface area contributed by atoms with Crippen molar-refractivity contribution in [1.29, 1.82) is 0 Å². The Hall–Kier alpha value is -0.640. The Morgan fingerprint density at radius 3 is 2.50 bits per heavy atom. The second kappa shape index (κ2) is 5.13. The number of hydrogen-bond acceptors (Lipinski definition) is 3. The van der Waals surface area contributed by atoms with Gasteiger partial charge in [0.15, 0.2) is 5.75 Å². The average molecular weight is 351 g/mol. The van der Waals surface area contributed by atoms with Gasteiger partial charge in [-0.25, -0.2) is 4.39 Å². The molecular weight excluding hydrogens is 345 g/mol. The molecule has 8 heteroatoms. The lowest BCUT2D eigenvalue weighted by Crippen LogP contribution is -2.19. The van der Waals surface area contributed by atoms with Crippen LogP contribution in [0.4, 0.5) is 17.6 Å². The Kier molecular flexibility index (Phi) is 4.30. The zero-order valence-corrected chi connectivity index (χ0v) is 9.84. The average Bonchev–Trinajstić information content (AvgIpc) is 2.19. The van der Waals surface area contributed by atoms with Crippen LogP contribution in [0.25, 0.3) is 0 Å². The van der Waals surface area contributed by atoms with Gasteiger partial charge in [-0.2, -0.15) is 0 Å². The summed E-state index contributed by atoms with van der Waals surface area (Å²) in [4.78, 5) is 3.57. The van der Waals surface area contributed by atoms with Gasteiger partial charge in [-0.3, -0.25) is 4.98 Å². The van der Waals surface area contributed by atoms with E-state index in [0.717, 1.165) is 6.20 Å². The molecule has 0 saturated heterocycles. The largest absolute Gasteiger partial charge is 0.573 e. The molecule has 16 heavy (non-hydrogen) atoms. The lowest BCUT2D eigenvalue weighted by Gasteiger charge is -2.14. The summed E-state index contributed by atoms with van der Waals surface area (Å²) in [5, 5.41) is 8.82. The van der Waals surface area contributed by atoms with E-state index in [1.807, 2.05) is 0 Å². The quantitative estimate of drug-likeness (QED) is 0.673. The van der Waals surface area contributed by atoms with Crippen LogP contribution in [0.3, 0.4) is 0 Å². The second-order valence-corrected chi connectivity index (χ2v) is 3.79. The van der Waals surface area contributed by atoms with Gasteiger partial charge in [0.2, 0.25) is 0 Å². The summed E-state index contributed by atoms with van der Waals surface area (Å²) < 4.78 is 52.2. The number of alkyl halides is 4. The van der Waals surface area contributed by atoms with Crippen molar-refractivity contribution >= 4 is 22.6 Å². The number of pyridine rings is 1. The van der Waals surface area contributed by atoms with Gasteiger partial charge < -0.3 is 9.84 Å². The van der Waals surface area contributed by atoms with Crippen molar-refractivity contribution in [3.63, 3.8) is 0 Å². The van der Waals surface area contributed by atoms with Crippen molar-refractivity contribution in [2.24, 2.45) is 0 Å². The predicted octanol–water partition coefficient (Wildman–Crippen LogP) is 2.55. The lowest BCUT2D eigenvalue weighted by molar-refractivity contribution is -0.275. The van der Waals surface area contributed by atoms with Gasteiger partial charge in [0.1, 0.15) is 6.67 Å². The Balaban J connectivity index is 3.21. The summed E-state index contributed by atoms with van der Waals surface area (Å²) in [6.45, 7) is -1.67. The molecule has 0 unspecified atom stereocenters. The fourth-order valence-corrected chi connectivity index (χ4v) is 1.71. The molecule has 0 saturated carbocycles. The Morgan fingerprint density at radius 2 is 2.06 bits per heavy atom. The number of rotatable bonds is 3. The van der Waals surface area contributed by atoms with Gasteiger partial charge in [-0.1, -0.05) is 0 Å². The number of halogens is 5.